The zero-order valence-corrected chi connectivity index (χ0v) is 12.5. The lowest BCUT2D eigenvalue weighted by molar-refractivity contribution is -0.117. The third kappa shape index (κ3) is 4.23. The van der Waals surface area contributed by atoms with E-state index in [2.05, 4.69) is 17.1 Å². The molecule has 1 aliphatic carbocycles. The number of rotatable bonds is 7. The molecule has 0 aliphatic heterocycles. The van der Waals surface area contributed by atoms with Crippen molar-refractivity contribution in [2.24, 2.45) is 5.92 Å². The molecule has 4 nitrogen and oxygen atoms in total. The lowest BCUT2D eigenvalue weighted by Crippen LogP contribution is -2.35. The van der Waals surface area contributed by atoms with Crippen LogP contribution in [0.5, 0.6) is 0 Å². The highest BCUT2D eigenvalue weighted by Gasteiger charge is 2.24. The van der Waals surface area contributed by atoms with Gasteiger partial charge in [0.15, 0.2) is 0 Å². The average molecular weight is 275 g/mol. The van der Waals surface area contributed by atoms with Crippen molar-refractivity contribution in [3.8, 4) is 0 Å². The van der Waals surface area contributed by atoms with Crippen molar-refractivity contribution >= 4 is 17.3 Å². The third-order valence-corrected chi connectivity index (χ3v) is 3.77. The Bertz CT molecular complexity index is 469. The second-order valence-corrected chi connectivity index (χ2v) is 5.75. The number of carbonyl (C=O) groups is 1. The fraction of sp³-hybridized carbons (Fsp3) is 0.562. The number of nitrogens with two attached hydrogens (primary N) is 1. The van der Waals surface area contributed by atoms with E-state index in [4.69, 9.17) is 5.73 Å². The molecule has 0 saturated heterocycles. The smallest absolute Gasteiger partial charge is 0.238 e. The van der Waals surface area contributed by atoms with Crippen LogP contribution in [0.3, 0.4) is 0 Å². The van der Waals surface area contributed by atoms with E-state index in [-0.39, 0.29) is 5.91 Å². The van der Waals surface area contributed by atoms with Crippen LogP contribution in [0, 0.1) is 12.8 Å². The van der Waals surface area contributed by atoms with Crippen LogP contribution in [0.25, 0.3) is 0 Å². The first-order chi connectivity index (χ1) is 9.60. The molecule has 1 fully saturated rings. The van der Waals surface area contributed by atoms with Gasteiger partial charge in [0.05, 0.1) is 6.54 Å². The van der Waals surface area contributed by atoms with Crippen LogP contribution >= 0.6 is 0 Å². The molecular weight excluding hydrogens is 250 g/mol. The van der Waals surface area contributed by atoms with Gasteiger partial charge >= 0.3 is 0 Å². The van der Waals surface area contributed by atoms with Crippen molar-refractivity contribution in [2.45, 2.75) is 33.1 Å². The van der Waals surface area contributed by atoms with Crippen LogP contribution < -0.4 is 11.1 Å². The first-order valence-electron chi connectivity index (χ1n) is 7.47. The Balaban J connectivity index is 1.91. The predicted molar refractivity (Wildman–Crippen MR) is 83.7 cm³/mol. The van der Waals surface area contributed by atoms with E-state index in [9.17, 15) is 4.79 Å². The standard InChI is InChI=1S/C16H25N3O/c1-3-9-19(10-13-7-8-13)11-16(20)18-15-6-4-5-14(17)12(15)2/h4-6,13H,3,7-11,17H2,1-2H3,(H,18,20). The van der Waals surface area contributed by atoms with Crippen LogP contribution in [0.15, 0.2) is 18.2 Å². The first kappa shape index (κ1) is 14.9. The molecule has 110 valence electrons. The molecular formula is C16H25N3O. The van der Waals surface area contributed by atoms with Crippen molar-refractivity contribution in [1.29, 1.82) is 0 Å². The Labute approximate surface area is 121 Å². The molecule has 0 bridgehead atoms. The minimum absolute atomic E-state index is 0.0489. The molecule has 4 heteroatoms. The Morgan fingerprint density at radius 2 is 2.20 bits per heavy atom. The van der Waals surface area contributed by atoms with E-state index in [0.29, 0.717) is 12.2 Å². The summed E-state index contributed by atoms with van der Waals surface area (Å²) >= 11 is 0. The number of amides is 1. The molecule has 20 heavy (non-hydrogen) atoms. The van der Waals surface area contributed by atoms with Gasteiger partial charge in [-0.3, -0.25) is 9.69 Å². The van der Waals surface area contributed by atoms with Gasteiger partial charge in [-0.2, -0.15) is 0 Å². The Morgan fingerprint density at radius 1 is 1.45 bits per heavy atom. The van der Waals surface area contributed by atoms with Crippen molar-refractivity contribution in [1.82, 2.24) is 4.90 Å². The van der Waals surface area contributed by atoms with Crippen LogP contribution in [0.2, 0.25) is 0 Å². The maximum absolute atomic E-state index is 12.2. The predicted octanol–water partition coefficient (Wildman–Crippen LogP) is 2.64. The lowest BCUT2D eigenvalue weighted by Gasteiger charge is -2.21. The summed E-state index contributed by atoms with van der Waals surface area (Å²) in [5.74, 6) is 0.858. The number of nitrogen functional groups attached to an aromatic ring is 1. The molecule has 1 aromatic rings. The SMILES string of the molecule is CCCN(CC(=O)Nc1cccc(N)c1C)CC1CC1. The van der Waals surface area contributed by atoms with Crippen LogP contribution in [0.1, 0.15) is 31.7 Å². The molecule has 3 N–H and O–H groups in total. The van der Waals surface area contributed by atoms with Gasteiger partial charge in [0.1, 0.15) is 0 Å². The van der Waals surface area contributed by atoms with E-state index in [1.165, 1.54) is 12.8 Å². The second kappa shape index (κ2) is 6.75. The molecule has 1 saturated carbocycles. The quantitative estimate of drug-likeness (QED) is 0.752. The van der Waals surface area contributed by atoms with Gasteiger partial charge in [-0.05, 0) is 56.3 Å². The van der Waals surface area contributed by atoms with E-state index in [1.807, 2.05) is 25.1 Å². The Kier molecular flexibility index (Phi) is 5.01. The van der Waals surface area contributed by atoms with Crippen molar-refractivity contribution < 1.29 is 4.79 Å². The average Bonchev–Trinajstić information content (AvgIpc) is 3.19. The highest BCUT2D eigenvalue weighted by molar-refractivity contribution is 5.93. The number of carbonyl (C=O) groups excluding carboxylic acids is 1. The summed E-state index contributed by atoms with van der Waals surface area (Å²) in [6.07, 6.45) is 3.71. The molecule has 2 rings (SSSR count). The van der Waals surface area contributed by atoms with Gasteiger partial charge in [0.2, 0.25) is 5.91 Å². The highest BCUT2D eigenvalue weighted by Crippen LogP contribution is 2.29. The van der Waals surface area contributed by atoms with Gasteiger partial charge in [0.25, 0.3) is 0 Å². The fourth-order valence-electron chi connectivity index (χ4n) is 2.40. The topological polar surface area (TPSA) is 58.4 Å². The molecule has 1 aliphatic rings. The van der Waals surface area contributed by atoms with Crippen LogP contribution in [0.4, 0.5) is 11.4 Å². The largest absolute Gasteiger partial charge is 0.398 e. The molecule has 0 unspecified atom stereocenters. The molecule has 0 atom stereocenters. The normalized spacial score (nSPS) is 14.6. The zero-order chi connectivity index (χ0) is 14.5. The summed E-state index contributed by atoms with van der Waals surface area (Å²) in [7, 11) is 0. The van der Waals surface area contributed by atoms with E-state index in [1.54, 1.807) is 0 Å². The van der Waals surface area contributed by atoms with Gasteiger partial charge < -0.3 is 11.1 Å². The number of benzene rings is 1. The molecule has 0 radical (unpaired) electrons. The summed E-state index contributed by atoms with van der Waals surface area (Å²) < 4.78 is 0. The minimum atomic E-state index is 0.0489. The maximum Gasteiger partial charge on any atom is 0.238 e. The summed E-state index contributed by atoms with van der Waals surface area (Å²) in [5, 5.41) is 2.97. The number of hydrogen-bond acceptors (Lipinski definition) is 3. The summed E-state index contributed by atoms with van der Waals surface area (Å²) in [4.78, 5) is 14.4. The van der Waals surface area contributed by atoms with Crippen molar-refractivity contribution in [2.75, 3.05) is 30.7 Å². The molecule has 1 amide bonds. The van der Waals surface area contributed by atoms with Crippen LogP contribution in [-0.2, 0) is 4.79 Å². The summed E-state index contributed by atoms with van der Waals surface area (Å²) in [6.45, 7) is 6.59. The third-order valence-electron chi connectivity index (χ3n) is 3.77. The monoisotopic (exact) mass is 275 g/mol. The van der Waals surface area contributed by atoms with Gasteiger partial charge in [-0.1, -0.05) is 13.0 Å². The van der Waals surface area contributed by atoms with E-state index in [0.717, 1.165) is 36.7 Å². The van der Waals surface area contributed by atoms with Gasteiger partial charge in [-0.15, -0.1) is 0 Å². The second-order valence-electron chi connectivity index (χ2n) is 5.75. The summed E-state index contributed by atoms with van der Waals surface area (Å²) in [5.41, 5.74) is 8.32. The molecule has 0 heterocycles. The van der Waals surface area contributed by atoms with Gasteiger partial charge in [-0.25, -0.2) is 0 Å². The highest BCUT2D eigenvalue weighted by atomic mass is 16.2. The number of anilines is 2. The van der Waals surface area contributed by atoms with E-state index >= 15 is 0 Å². The number of hydrogen-bond donors (Lipinski definition) is 2. The zero-order valence-electron chi connectivity index (χ0n) is 12.5. The van der Waals surface area contributed by atoms with E-state index < -0.39 is 0 Å². The fourth-order valence-corrected chi connectivity index (χ4v) is 2.40. The molecule has 0 spiro atoms. The minimum Gasteiger partial charge on any atom is -0.398 e. The number of nitrogens with one attached hydrogen (secondary N) is 1. The maximum atomic E-state index is 12.2. The Morgan fingerprint density at radius 3 is 2.85 bits per heavy atom. The number of nitrogens with zero attached hydrogens (tertiary/aromatic N) is 1. The Hall–Kier alpha value is -1.55. The van der Waals surface area contributed by atoms with Gasteiger partial charge in [0, 0.05) is 17.9 Å². The summed E-state index contributed by atoms with van der Waals surface area (Å²) in [6, 6.07) is 5.61. The first-order valence-corrected chi connectivity index (χ1v) is 7.47. The lowest BCUT2D eigenvalue weighted by atomic mass is 10.1. The molecule has 0 aromatic heterocycles. The van der Waals surface area contributed by atoms with Crippen molar-refractivity contribution in [3.05, 3.63) is 23.8 Å². The molecule has 1 aromatic carbocycles. The van der Waals surface area contributed by atoms with Crippen molar-refractivity contribution in [3.63, 3.8) is 0 Å². The van der Waals surface area contributed by atoms with Crippen LogP contribution in [-0.4, -0.2) is 30.4 Å².